The summed E-state index contributed by atoms with van der Waals surface area (Å²) in [6.07, 6.45) is 8.63. The van der Waals surface area contributed by atoms with E-state index in [0.29, 0.717) is 17.0 Å². The molecular weight excluding hydrogens is 409 g/mol. The Morgan fingerprint density at radius 3 is 2.30 bits per heavy atom. The topological polar surface area (TPSA) is 21.3 Å². The lowest BCUT2D eigenvalue weighted by Gasteiger charge is -2.59. The number of fused-ring (bicyclic) bond motifs is 1. The number of benzene rings is 3. The van der Waals surface area contributed by atoms with E-state index in [-0.39, 0.29) is 12.4 Å². The fourth-order valence-corrected chi connectivity index (χ4v) is 7.58. The number of nitrogens with one attached hydrogen (secondary N) is 1. The van der Waals surface area contributed by atoms with Crippen molar-refractivity contribution in [1.29, 1.82) is 0 Å². The van der Waals surface area contributed by atoms with Crippen molar-refractivity contribution in [2.75, 3.05) is 0 Å². The Bertz CT molecular complexity index is 1120. The minimum Gasteiger partial charge on any atom is -0.488 e. The van der Waals surface area contributed by atoms with Crippen LogP contribution in [-0.2, 0) is 13.2 Å². The van der Waals surface area contributed by atoms with Crippen molar-refractivity contribution in [1.82, 2.24) is 5.32 Å². The van der Waals surface area contributed by atoms with Gasteiger partial charge in [0.25, 0.3) is 0 Å². The first-order valence-corrected chi connectivity index (χ1v) is 12.7. The van der Waals surface area contributed by atoms with Crippen molar-refractivity contribution >= 4 is 10.8 Å². The van der Waals surface area contributed by atoms with Gasteiger partial charge < -0.3 is 10.1 Å². The second kappa shape index (κ2) is 8.43. The molecular formula is C30H34FNO. The van der Waals surface area contributed by atoms with Crippen LogP contribution in [-0.4, -0.2) is 6.04 Å². The molecule has 4 fully saturated rings. The van der Waals surface area contributed by atoms with Crippen LogP contribution in [0, 0.1) is 29.0 Å². The van der Waals surface area contributed by atoms with E-state index in [0.717, 1.165) is 30.0 Å². The maximum Gasteiger partial charge on any atom is 0.129 e. The average molecular weight is 444 g/mol. The Morgan fingerprint density at radius 1 is 0.909 bits per heavy atom. The summed E-state index contributed by atoms with van der Waals surface area (Å²) < 4.78 is 20.4. The zero-order chi connectivity index (χ0) is 22.4. The smallest absolute Gasteiger partial charge is 0.129 e. The molecule has 0 saturated heterocycles. The molecule has 0 amide bonds. The van der Waals surface area contributed by atoms with Crippen molar-refractivity contribution in [2.24, 2.45) is 23.2 Å². The highest BCUT2D eigenvalue weighted by atomic mass is 19.1. The first-order valence-electron chi connectivity index (χ1n) is 12.7. The monoisotopic (exact) mass is 443 g/mol. The first kappa shape index (κ1) is 21.2. The number of halogens is 1. The van der Waals surface area contributed by atoms with Gasteiger partial charge in [-0.3, -0.25) is 0 Å². The lowest BCUT2D eigenvalue weighted by molar-refractivity contribution is -0.0706. The molecule has 1 N–H and O–H groups in total. The standard InChI is InChI=1S/C30H34FNO/c1-20(30-15-21-12-22(16-30)14-23(13-21)17-30)32-18-27-26-8-4-2-6-24(26)10-11-29(27)33-19-25-7-3-5-9-28(25)31/h2-11,20-23,32H,12-19H2,1H3/t20-,21?,22?,23?,30?/m1/s1. The van der Waals surface area contributed by atoms with Gasteiger partial charge in [-0.05, 0) is 91.5 Å². The summed E-state index contributed by atoms with van der Waals surface area (Å²) in [5.41, 5.74) is 2.24. The SMILES string of the molecule is C[C@@H](NCc1c(OCc2ccccc2F)ccc2ccccc12)C12CC3CC(CC(C3)C1)C2. The normalized spacial score (nSPS) is 28.8. The number of hydrogen-bond donors (Lipinski definition) is 1. The van der Waals surface area contributed by atoms with Crippen LogP contribution in [0.3, 0.4) is 0 Å². The quantitative estimate of drug-likeness (QED) is 0.415. The Kier molecular flexibility index (Phi) is 5.41. The van der Waals surface area contributed by atoms with Crippen LogP contribution in [0.25, 0.3) is 10.8 Å². The molecule has 172 valence electrons. The van der Waals surface area contributed by atoms with E-state index in [1.165, 1.54) is 60.9 Å². The highest BCUT2D eigenvalue weighted by Gasteiger charge is 2.52. The molecule has 1 atom stereocenters. The van der Waals surface area contributed by atoms with Crippen LogP contribution in [0.1, 0.15) is 56.6 Å². The van der Waals surface area contributed by atoms with Gasteiger partial charge in [0.2, 0.25) is 0 Å². The van der Waals surface area contributed by atoms with Crippen molar-refractivity contribution in [3.63, 3.8) is 0 Å². The number of ether oxygens (including phenoxy) is 1. The summed E-state index contributed by atoms with van der Waals surface area (Å²) in [4.78, 5) is 0. The molecule has 3 aromatic carbocycles. The van der Waals surface area contributed by atoms with E-state index in [9.17, 15) is 4.39 Å². The average Bonchev–Trinajstić information content (AvgIpc) is 2.81. The molecule has 4 saturated carbocycles. The van der Waals surface area contributed by atoms with Crippen molar-refractivity contribution < 1.29 is 9.13 Å². The third-order valence-corrected chi connectivity index (χ3v) is 8.93. The fraction of sp³-hybridized carbons (Fsp3) is 0.467. The summed E-state index contributed by atoms with van der Waals surface area (Å²) in [6.45, 7) is 3.43. The number of hydrogen-bond acceptors (Lipinski definition) is 2. The maximum absolute atomic E-state index is 14.2. The molecule has 33 heavy (non-hydrogen) atoms. The van der Waals surface area contributed by atoms with Crippen LogP contribution in [0.5, 0.6) is 5.75 Å². The molecule has 0 spiro atoms. The zero-order valence-electron chi connectivity index (χ0n) is 19.5. The fourth-order valence-electron chi connectivity index (χ4n) is 7.58. The van der Waals surface area contributed by atoms with E-state index in [1.54, 1.807) is 12.1 Å². The minimum atomic E-state index is -0.214. The van der Waals surface area contributed by atoms with Gasteiger partial charge in [0.15, 0.2) is 0 Å². The van der Waals surface area contributed by atoms with Crippen molar-refractivity contribution in [2.45, 2.75) is 64.6 Å². The van der Waals surface area contributed by atoms with E-state index in [2.05, 4.69) is 48.6 Å². The van der Waals surface area contributed by atoms with E-state index in [1.807, 2.05) is 6.07 Å². The second-order valence-electron chi connectivity index (χ2n) is 11.0. The Hall–Kier alpha value is -2.39. The largest absolute Gasteiger partial charge is 0.488 e. The van der Waals surface area contributed by atoms with Crippen molar-refractivity contribution in [3.05, 3.63) is 77.6 Å². The Morgan fingerprint density at radius 2 is 1.58 bits per heavy atom. The summed E-state index contributed by atoms with van der Waals surface area (Å²) in [5, 5.41) is 6.38. The second-order valence-corrected chi connectivity index (χ2v) is 11.0. The molecule has 0 aromatic heterocycles. The molecule has 4 bridgehead atoms. The van der Waals surface area contributed by atoms with Crippen LogP contribution >= 0.6 is 0 Å². The maximum atomic E-state index is 14.2. The van der Waals surface area contributed by atoms with E-state index >= 15 is 0 Å². The summed E-state index contributed by atoms with van der Waals surface area (Å²) >= 11 is 0. The van der Waals surface area contributed by atoms with Crippen LogP contribution in [0.2, 0.25) is 0 Å². The molecule has 2 nitrogen and oxygen atoms in total. The third-order valence-electron chi connectivity index (χ3n) is 8.93. The van der Waals surface area contributed by atoms with Gasteiger partial charge in [0.05, 0.1) is 0 Å². The van der Waals surface area contributed by atoms with Gasteiger partial charge in [0.1, 0.15) is 18.2 Å². The van der Waals surface area contributed by atoms with E-state index < -0.39 is 0 Å². The molecule has 0 unspecified atom stereocenters. The molecule has 4 aliphatic carbocycles. The molecule has 0 radical (unpaired) electrons. The van der Waals surface area contributed by atoms with Gasteiger partial charge in [-0.2, -0.15) is 0 Å². The van der Waals surface area contributed by atoms with Gasteiger partial charge in [0, 0.05) is 23.7 Å². The predicted molar refractivity (Wildman–Crippen MR) is 132 cm³/mol. The molecule has 4 aliphatic rings. The van der Waals surface area contributed by atoms with Crippen LogP contribution < -0.4 is 10.1 Å². The van der Waals surface area contributed by atoms with E-state index in [4.69, 9.17) is 4.74 Å². The summed E-state index contributed by atoms with van der Waals surface area (Å²) in [5.74, 6) is 3.50. The van der Waals surface area contributed by atoms with Crippen LogP contribution in [0.4, 0.5) is 4.39 Å². The Labute approximate surface area is 196 Å². The first-order chi connectivity index (χ1) is 16.1. The highest BCUT2D eigenvalue weighted by Crippen LogP contribution is 2.61. The highest BCUT2D eigenvalue weighted by molar-refractivity contribution is 5.87. The van der Waals surface area contributed by atoms with Crippen molar-refractivity contribution in [3.8, 4) is 5.75 Å². The molecule has 3 heteroatoms. The molecule has 7 rings (SSSR count). The molecule has 0 aliphatic heterocycles. The van der Waals surface area contributed by atoms with Gasteiger partial charge >= 0.3 is 0 Å². The summed E-state index contributed by atoms with van der Waals surface area (Å²) in [7, 11) is 0. The summed E-state index contributed by atoms with van der Waals surface area (Å²) in [6, 6.07) is 20.0. The lowest BCUT2D eigenvalue weighted by Crippen LogP contribution is -2.54. The zero-order valence-corrected chi connectivity index (χ0v) is 19.5. The third kappa shape index (κ3) is 3.95. The van der Waals surface area contributed by atoms with Gasteiger partial charge in [-0.1, -0.05) is 48.5 Å². The predicted octanol–water partition coefficient (Wildman–Crippen LogP) is 7.25. The molecule has 3 aromatic rings. The Balaban J connectivity index is 1.24. The minimum absolute atomic E-state index is 0.214. The lowest BCUT2D eigenvalue weighted by atomic mass is 9.48. The van der Waals surface area contributed by atoms with Crippen LogP contribution in [0.15, 0.2) is 60.7 Å². The molecule has 0 heterocycles. The van der Waals surface area contributed by atoms with Gasteiger partial charge in [-0.25, -0.2) is 4.39 Å². The number of rotatable bonds is 7. The van der Waals surface area contributed by atoms with Gasteiger partial charge in [-0.15, -0.1) is 0 Å².